The van der Waals surface area contributed by atoms with Crippen LogP contribution in [0.4, 0.5) is 22.7 Å². The van der Waals surface area contributed by atoms with Gasteiger partial charge in [0.05, 0.1) is 62.6 Å². The molecule has 8 bridgehead atoms. The van der Waals surface area contributed by atoms with E-state index in [-0.39, 0.29) is 130 Å². The normalized spacial score (nSPS) is 11.9. The Labute approximate surface area is 419 Å². The SMILES string of the molecule is O=[N+]([O-])c1ccc(Cl)c(-c2c3nc(c(-c4c(Cl)ccc([N+](=O)[O-])c4Cl)c4ccc([nH]4)c(-c4c(Cl)ccc([N+](=O)[O-])c4Cl)c4nc(c(-c5c(Cl)ccc([N+](=O)[O-])c5Cl)c5ccc2[nH]5)C=C4)C=C3)c1Cl. The molecule has 16 nitrogen and oxygen atoms in total. The number of fused-ring (bicyclic) bond motifs is 8. The van der Waals surface area contributed by atoms with Crippen LogP contribution in [-0.4, -0.2) is 39.6 Å². The van der Waals surface area contributed by atoms with Crippen LogP contribution in [0.5, 0.6) is 0 Å². The minimum absolute atomic E-state index is 0.0356. The summed E-state index contributed by atoms with van der Waals surface area (Å²) in [6.07, 6.45) is 6.12. The summed E-state index contributed by atoms with van der Waals surface area (Å²) >= 11 is 54.8. The van der Waals surface area contributed by atoms with Gasteiger partial charge in [0.2, 0.25) is 0 Å². The highest BCUT2D eigenvalue weighted by atomic mass is 35.5. The lowest BCUT2D eigenvalue weighted by atomic mass is 10.0. The Hall–Kier alpha value is -6.60. The summed E-state index contributed by atoms with van der Waals surface area (Å²) in [6.45, 7) is 0. The van der Waals surface area contributed by atoms with E-state index in [4.69, 9.17) is 103 Å². The minimum atomic E-state index is -0.695. The van der Waals surface area contributed by atoms with Gasteiger partial charge in [-0.3, -0.25) is 40.5 Å². The van der Waals surface area contributed by atoms with Gasteiger partial charge in [0.15, 0.2) is 0 Å². The second-order valence-electron chi connectivity index (χ2n) is 14.6. The third-order valence-corrected chi connectivity index (χ3v) is 13.6. The lowest BCUT2D eigenvalue weighted by Crippen LogP contribution is -1.96. The molecule has 0 radical (unpaired) electrons. The van der Waals surface area contributed by atoms with Crippen molar-refractivity contribution in [2.24, 2.45) is 0 Å². The molecule has 0 unspecified atom stereocenters. The highest BCUT2D eigenvalue weighted by Crippen LogP contribution is 2.50. The number of H-pyrrole nitrogens is 2. The van der Waals surface area contributed by atoms with Gasteiger partial charge >= 0.3 is 0 Å². The maximum Gasteiger partial charge on any atom is 0.288 e. The van der Waals surface area contributed by atoms with Crippen molar-refractivity contribution in [1.82, 2.24) is 19.9 Å². The number of hydrogen-bond donors (Lipinski definition) is 2. The van der Waals surface area contributed by atoms with Gasteiger partial charge in [-0.15, -0.1) is 0 Å². The molecule has 0 saturated carbocycles. The standard InChI is InChI=1S/C44H18Cl8N8O8/c45-17-1-13-29(57(61)62)41(49)33(17)37-21-5-7-23(53-21)38(34-18(46)2-14-30(42(34)50)58(63)64)25-9-11-27(55-25)40(36-20(48)4-16-32(44(36)52)60(67)68)28-12-10-26(56-28)39(24-8-6-22(37)54-24)35-19(47)3-15-31(43(35)51)59(65)66/h1-16,53,56H. The third-order valence-electron chi connectivity index (χ3n) is 10.8. The van der Waals surface area contributed by atoms with Crippen molar-refractivity contribution < 1.29 is 19.7 Å². The van der Waals surface area contributed by atoms with E-state index in [2.05, 4.69) is 9.97 Å². The number of nitrogens with zero attached hydrogens (tertiary/aromatic N) is 6. The van der Waals surface area contributed by atoms with Gasteiger partial charge in [0.1, 0.15) is 20.1 Å². The molecule has 0 amide bonds. The first-order chi connectivity index (χ1) is 32.4. The van der Waals surface area contributed by atoms with Crippen LogP contribution >= 0.6 is 92.8 Å². The molecule has 4 aromatic carbocycles. The lowest BCUT2D eigenvalue weighted by Gasteiger charge is -2.12. The molecule has 0 fully saturated rings. The molecule has 9 rings (SSSR count). The third kappa shape index (κ3) is 7.78. The van der Waals surface area contributed by atoms with Crippen LogP contribution in [0.25, 0.3) is 90.9 Å². The summed E-state index contributed by atoms with van der Waals surface area (Å²) in [5, 5.41) is 47.5. The second kappa shape index (κ2) is 17.8. The number of aromatic nitrogens is 4. The molecule has 0 saturated heterocycles. The number of rotatable bonds is 8. The van der Waals surface area contributed by atoms with Crippen LogP contribution in [0.15, 0.2) is 72.8 Å². The highest BCUT2D eigenvalue weighted by Gasteiger charge is 2.30. The topological polar surface area (TPSA) is 230 Å². The lowest BCUT2D eigenvalue weighted by molar-refractivity contribution is -0.384. The zero-order chi connectivity index (χ0) is 48.6. The molecule has 0 spiro atoms. The quantitative estimate of drug-likeness (QED) is 0.108. The maximum atomic E-state index is 12.3. The summed E-state index contributed by atoms with van der Waals surface area (Å²) in [5.41, 5.74) is -0.645. The van der Waals surface area contributed by atoms with E-state index in [0.717, 1.165) is 24.3 Å². The molecule has 3 aromatic heterocycles. The van der Waals surface area contributed by atoms with Gasteiger partial charge in [-0.05, 0) is 72.8 Å². The van der Waals surface area contributed by atoms with E-state index in [1.165, 1.54) is 48.6 Å². The number of nitro benzene ring substituents is 4. The number of nitro groups is 4. The molecule has 5 heterocycles. The highest BCUT2D eigenvalue weighted by molar-refractivity contribution is 6.43. The average Bonchev–Trinajstić information content (AvgIpc) is 4.12. The number of aromatic amines is 2. The van der Waals surface area contributed by atoms with E-state index in [9.17, 15) is 40.5 Å². The largest absolute Gasteiger partial charge is 0.354 e. The van der Waals surface area contributed by atoms with Crippen LogP contribution in [0.1, 0.15) is 22.8 Å². The predicted octanol–water partition coefficient (Wildman–Crippen LogP) is 16.2. The summed E-state index contributed by atoms with van der Waals surface area (Å²) in [7, 11) is 0. The van der Waals surface area contributed by atoms with Crippen LogP contribution in [0.3, 0.4) is 0 Å². The first-order valence-corrected chi connectivity index (χ1v) is 22.1. The van der Waals surface area contributed by atoms with E-state index >= 15 is 0 Å². The maximum absolute atomic E-state index is 12.3. The fourth-order valence-corrected chi connectivity index (χ4v) is 10.4. The molecular weight excluding hydrogens is 1050 g/mol. The molecule has 2 N–H and O–H groups in total. The number of nitrogens with one attached hydrogen (secondary N) is 2. The summed E-state index contributed by atoms with van der Waals surface area (Å²) < 4.78 is 0. The molecule has 2 aliphatic heterocycles. The predicted molar refractivity (Wildman–Crippen MR) is 267 cm³/mol. The van der Waals surface area contributed by atoms with Crippen molar-refractivity contribution in [2.75, 3.05) is 0 Å². The molecule has 24 heteroatoms. The Morgan fingerprint density at radius 1 is 0.324 bits per heavy atom. The molecule has 7 aromatic rings. The van der Waals surface area contributed by atoms with Crippen molar-refractivity contribution >= 4 is 162 Å². The van der Waals surface area contributed by atoms with Gasteiger partial charge in [-0.1, -0.05) is 92.8 Å². The van der Waals surface area contributed by atoms with Gasteiger partial charge in [0.25, 0.3) is 22.7 Å². The van der Waals surface area contributed by atoms with Gasteiger partial charge in [-0.2, -0.15) is 0 Å². The Morgan fingerprint density at radius 2 is 0.529 bits per heavy atom. The molecule has 68 heavy (non-hydrogen) atoms. The van der Waals surface area contributed by atoms with Crippen molar-refractivity contribution in [3.05, 3.63) is 176 Å². The Morgan fingerprint density at radius 3 is 0.721 bits per heavy atom. The monoisotopic (exact) mass is 1070 g/mol. The fraction of sp³-hybridized carbons (Fsp3) is 0. The zero-order valence-electron chi connectivity index (χ0n) is 33.2. The van der Waals surface area contributed by atoms with Crippen molar-refractivity contribution in [3.63, 3.8) is 0 Å². The molecule has 0 aliphatic carbocycles. The van der Waals surface area contributed by atoms with Gasteiger partial charge < -0.3 is 9.97 Å². The Bertz CT molecular complexity index is 3250. The number of halogens is 8. The van der Waals surface area contributed by atoms with E-state index in [1.54, 1.807) is 24.3 Å². The van der Waals surface area contributed by atoms with E-state index < -0.39 is 42.4 Å². The van der Waals surface area contributed by atoms with Crippen LogP contribution < -0.4 is 0 Å². The fourth-order valence-electron chi connectivity index (χ4n) is 7.90. The van der Waals surface area contributed by atoms with Crippen LogP contribution in [0, 0.1) is 40.5 Å². The summed E-state index contributed by atoms with van der Waals surface area (Å²) in [6, 6.07) is 15.9. The Balaban J connectivity index is 1.57. The molecule has 338 valence electrons. The molecule has 2 aliphatic rings. The Kier molecular flexibility index (Phi) is 12.2. The van der Waals surface area contributed by atoms with E-state index in [0.29, 0.717) is 0 Å². The van der Waals surface area contributed by atoms with Crippen molar-refractivity contribution in [3.8, 4) is 44.5 Å². The minimum Gasteiger partial charge on any atom is -0.354 e. The molecular formula is C44H18Cl8N8O8. The molecule has 0 atom stereocenters. The van der Waals surface area contributed by atoms with Gasteiger partial charge in [0, 0.05) is 90.8 Å². The van der Waals surface area contributed by atoms with Crippen molar-refractivity contribution in [2.45, 2.75) is 0 Å². The smallest absolute Gasteiger partial charge is 0.288 e. The first-order valence-electron chi connectivity index (χ1n) is 19.0. The first kappa shape index (κ1) is 46.5. The van der Waals surface area contributed by atoms with Crippen LogP contribution in [-0.2, 0) is 0 Å². The average molecular weight is 1070 g/mol. The summed E-state index contributed by atoms with van der Waals surface area (Å²) in [5.74, 6) is 0. The van der Waals surface area contributed by atoms with Crippen molar-refractivity contribution in [1.29, 1.82) is 0 Å². The second-order valence-corrected chi connectivity index (χ2v) is 17.7. The number of hydrogen-bond acceptors (Lipinski definition) is 10. The van der Waals surface area contributed by atoms with Gasteiger partial charge in [-0.25, -0.2) is 9.97 Å². The van der Waals surface area contributed by atoms with E-state index in [1.807, 2.05) is 0 Å². The summed E-state index contributed by atoms with van der Waals surface area (Å²) in [4.78, 5) is 62.9. The van der Waals surface area contributed by atoms with Crippen LogP contribution in [0.2, 0.25) is 40.2 Å². The zero-order valence-corrected chi connectivity index (χ0v) is 39.3. The number of benzene rings is 4.